The highest BCUT2D eigenvalue weighted by Crippen LogP contribution is 2.31. The summed E-state index contributed by atoms with van der Waals surface area (Å²) in [5, 5.41) is 3.83. The predicted octanol–water partition coefficient (Wildman–Crippen LogP) is 6.16. The first-order chi connectivity index (χ1) is 21.9. The molecule has 6 nitrogen and oxygen atoms in total. The van der Waals surface area contributed by atoms with E-state index in [2.05, 4.69) is 5.32 Å². The third-order valence-corrected chi connectivity index (χ3v) is 8.87. The first-order valence-corrected chi connectivity index (χ1v) is 15.1. The molecule has 0 saturated heterocycles. The summed E-state index contributed by atoms with van der Waals surface area (Å²) in [6.07, 6.45) is 3.73. The van der Waals surface area contributed by atoms with Gasteiger partial charge in [0.1, 0.15) is 11.6 Å². The zero-order valence-electron chi connectivity index (χ0n) is 24.1. The smallest absolute Gasteiger partial charge is 0.271 e. The van der Waals surface area contributed by atoms with Crippen LogP contribution < -0.4 is 20.2 Å². The quantitative estimate of drug-likeness (QED) is 0.244. The highest BCUT2D eigenvalue weighted by molar-refractivity contribution is 7.07. The van der Waals surface area contributed by atoms with Crippen molar-refractivity contribution in [1.29, 1.82) is 0 Å². The van der Waals surface area contributed by atoms with Gasteiger partial charge in [0, 0.05) is 33.9 Å². The number of nitrogens with zero attached hydrogens (tertiary/aromatic N) is 3. The number of rotatable bonds is 6. The molecule has 0 radical (unpaired) electrons. The second-order valence-electron chi connectivity index (χ2n) is 10.8. The lowest BCUT2D eigenvalue weighted by Crippen LogP contribution is -2.40. The summed E-state index contributed by atoms with van der Waals surface area (Å²) < 4.78 is 32.4. The van der Waals surface area contributed by atoms with Crippen LogP contribution in [-0.4, -0.2) is 15.0 Å². The molecule has 1 amide bonds. The van der Waals surface area contributed by atoms with Crippen molar-refractivity contribution in [3.63, 3.8) is 0 Å². The number of hydrogen-bond acceptors (Lipinski definition) is 4. The van der Waals surface area contributed by atoms with Crippen molar-refractivity contribution in [3.8, 4) is 0 Å². The minimum Gasteiger partial charge on any atom is -0.342 e. The van der Waals surface area contributed by atoms with Gasteiger partial charge in [0.25, 0.3) is 11.5 Å². The Labute approximate surface area is 260 Å². The Morgan fingerprint density at radius 1 is 0.933 bits per heavy atom. The molecule has 4 aromatic carbocycles. The molecule has 1 aliphatic rings. The Morgan fingerprint density at radius 2 is 1.64 bits per heavy atom. The monoisotopic (exact) mass is 616 g/mol. The van der Waals surface area contributed by atoms with Gasteiger partial charge in [-0.05, 0) is 55.0 Å². The van der Waals surface area contributed by atoms with E-state index in [-0.39, 0.29) is 11.4 Å². The second-order valence-corrected chi connectivity index (χ2v) is 11.8. The standard InChI is InChI=1S/C36H26F2N4O2S/c1-22-32(34(43)40-27-10-3-2-4-11-27)33(23-15-17-26(37)18-16-23)42-35(44)31(45-36(42)39-22)19-25-21-41(30-14-8-6-12-28(25)30)20-24-9-5-7-13-29(24)38/h2-19,21,33H,20H2,1H3,(H,40,43)/b31-19+/t33-/m1/s1. The Kier molecular flexibility index (Phi) is 7.31. The molecule has 0 unspecified atom stereocenters. The predicted molar refractivity (Wildman–Crippen MR) is 173 cm³/mol. The number of carbonyl (C=O) groups is 1. The largest absolute Gasteiger partial charge is 0.342 e. The fraction of sp³-hybridized carbons (Fsp3) is 0.0833. The average Bonchev–Trinajstić information content (AvgIpc) is 3.54. The van der Waals surface area contributed by atoms with Crippen LogP contribution in [0.2, 0.25) is 0 Å². The zero-order chi connectivity index (χ0) is 31.1. The topological polar surface area (TPSA) is 68.4 Å². The number of benzene rings is 4. The maximum atomic E-state index is 14.5. The Balaban J connectivity index is 1.36. The van der Waals surface area contributed by atoms with Crippen molar-refractivity contribution >= 4 is 39.9 Å². The van der Waals surface area contributed by atoms with E-state index in [1.54, 1.807) is 49.4 Å². The number of fused-ring (bicyclic) bond motifs is 2. The van der Waals surface area contributed by atoms with Crippen LogP contribution in [0, 0.1) is 11.6 Å². The first kappa shape index (κ1) is 28.4. The van der Waals surface area contributed by atoms with Gasteiger partial charge in [-0.1, -0.05) is 78.1 Å². The summed E-state index contributed by atoms with van der Waals surface area (Å²) in [7, 11) is 0. The SMILES string of the molecule is CC1=C(C(=O)Nc2ccccc2)[C@@H](c2ccc(F)cc2)n2c(s/c(=C/c3cn(Cc4ccccc4F)c4ccccc34)c2=O)=N1. The van der Waals surface area contributed by atoms with E-state index in [9.17, 15) is 18.4 Å². The number of allylic oxidation sites excluding steroid dienone is 1. The highest BCUT2D eigenvalue weighted by Gasteiger charge is 2.32. The fourth-order valence-corrected chi connectivity index (χ4v) is 6.80. The second kappa shape index (κ2) is 11.6. The fourth-order valence-electron chi connectivity index (χ4n) is 5.76. The third kappa shape index (κ3) is 5.32. The summed E-state index contributed by atoms with van der Waals surface area (Å²) in [5.41, 5.74) is 3.88. The van der Waals surface area contributed by atoms with Gasteiger partial charge in [-0.25, -0.2) is 13.8 Å². The molecule has 45 heavy (non-hydrogen) atoms. The maximum absolute atomic E-state index is 14.5. The molecule has 0 fully saturated rings. The van der Waals surface area contributed by atoms with Crippen LogP contribution in [0.15, 0.2) is 130 Å². The molecule has 6 aromatic rings. The van der Waals surface area contributed by atoms with Gasteiger partial charge < -0.3 is 9.88 Å². The van der Waals surface area contributed by atoms with Crippen LogP contribution in [-0.2, 0) is 11.3 Å². The van der Waals surface area contributed by atoms with Crippen molar-refractivity contribution in [3.05, 3.63) is 169 Å². The molecular formula is C36H26F2N4O2S. The van der Waals surface area contributed by atoms with Gasteiger partial charge in [-0.15, -0.1) is 0 Å². The number of amides is 1. The zero-order valence-corrected chi connectivity index (χ0v) is 24.9. The maximum Gasteiger partial charge on any atom is 0.271 e. The van der Waals surface area contributed by atoms with Crippen molar-refractivity contribution in [2.24, 2.45) is 4.99 Å². The van der Waals surface area contributed by atoms with Crippen LogP contribution in [0.1, 0.15) is 29.7 Å². The number of hydrogen-bond donors (Lipinski definition) is 1. The molecule has 0 aliphatic carbocycles. The lowest BCUT2D eigenvalue weighted by molar-refractivity contribution is -0.113. The van der Waals surface area contributed by atoms with E-state index >= 15 is 0 Å². The van der Waals surface area contributed by atoms with Crippen LogP contribution in [0.25, 0.3) is 17.0 Å². The summed E-state index contributed by atoms with van der Waals surface area (Å²) >= 11 is 1.22. The van der Waals surface area contributed by atoms with Crippen molar-refractivity contribution in [1.82, 2.24) is 9.13 Å². The van der Waals surface area contributed by atoms with Crippen molar-refractivity contribution in [2.75, 3.05) is 5.32 Å². The number of aromatic nitrogens is 2. The number of anilines is 1. The summed E-state index contributed by atoms with van der Waals surface area (Å²) in [6, 6.07) is 28.5. The lowest BCUT2D eigenvalue weighted by Gasteiger charge is -2.25. The number of halogens is 2. The van der Waals surface area contributed by atoms with Gasteiger partial charge in [0.15, 0.2) is 4.80 Å². The van der Waals surface area contributed by atoms with Gasteiger partial charge >= 0.3 is 0 Å². The van der Waals surface area contributed by atoms with E-state index in [1.807, 2.05) is 59.3 Å². The van der Waals surface area contributed by atoms with Gasteiger partial charge in [0.2, 0.25) is 0 Å². The molecule has 2 aromatic heterocycles. The third-order valence-electron chi connectivity index (χ3n) is 7.89. The Hall–Kier alpha value is -5.41. The molecular weight excluding hydrogens is 590 g/mol. The van der Waals surface area contributed by atoms with E-state index in [0.29, 0.717) is 44.0 Å². The normalized spacial score (nSPS) is 14.8. The van der Waals surface area contributed by atoms with Crippen molar-refractivity contribution in [2.45, 2.75) is 19.5 Å². The summed E-state index contributed by atoms with van der Waals surface area (Å²) in [5.74, 6) is -1.11. The van der Waals surface area contributed by atoms with Crippen LogP contribution >= 0.6 is 11.3 Å². The number of para-hydroxylation sites is 2. The molecule has 0 bridgehead atoms. The molecule has 0 spiro atoms. The average molecular weight is 617 g/mol. The Bertz CT molecular complexity index is 2300. The van der Waals surface area contributed by atoms with Gasteiger partial charge in [-0.2, -0.15) is 0 Å². The molecule has 222 valence electrons. The van der Waals surface area contributed by atoms with Crippen LogP contribution in [0.4, 0.5) is 14.5 Å². The number of thiazole rings is 1. The molecule has 1 atom stereocenters. The van der Waals surface area contributed by atoms with E-state index in [1.165, 1.54) is 34.1 Å². The van der Waals surface area contributed by atoms with Gasteiger partial charge in [-0.3, -0.25) is 14.2 Å². The van der Waals surface area contributed by atoms with Crippen LogP contribution in [0.5, 0.6) is 0 Å². The molecule has 7 rings (SSSR count). The molecule has 1 aliphatic heterocycles. The summed E-state index contributed by atoms with van der Waals surface area (Å²) in [4.78, 5) is 33.0. The minimum absolute atomic E-state index is 0.284. The van der Waals surface area contributed by atoms with E-state index < -0.39 is 17.8 Å². The first-order valence-electron chi connectivity index (χ1n) is 14.3. The summed E-state index contributed by atoms with van der Waals surface area (Å²) in [6.45, 7) is 2.07. The molecule has 1 N–H and O–H groups in total. The van der Waals surface area contributed by atoms with Crippen molar-refractivity contribution < 1.29 is 13.6 Å². The highest BCUT2D eigenvalue weighted by atomic mass is 32.1. The minimum atomic E-state index is -0.824. The van der Waals surface area contributed by atoms with E-state index in [4.69, 9.17) is 4.99 Å². The van der Waals surface area contributed by atoms with E-state index in [0.717, 1.165) is 16.5 Å². The Morgan fingerprint density at radius 3 is 2.42 bits per heavy atom. The lowest BCUT2D eigenvalue weighted by atomic mass is 9.95. The van der Waals surface area contributed by atoms with Crippen LogP contribution in [0.3, 0.4) is 0 Å². The number of nitrogens with one attached hydrogen (secondary N) is 1. The van der Waals surface area contributed by atoms with Gasteiger partial charge in [0.05, 0.1) is 28.4 Å². The molecule has 9 heteroatoms. The number of carbonyl (C=O) groups excluding carboxylic acids is 1. The molecule has 0 saturated carbocycles. The molecule has 3 heterocycles.